The lowest BCUT2D eigenvalue weighted by atomic mass is 9.96. The molecule has 1 amide bonds. The Morgan fingerprint density at radius 1 is 1.12 bits per heavy atom. The molecule has 2 rings (SSSR count). The number of esters is 2. The van der Waals surface area contributed by atoms with Crippen molar-refractivity contribution in [2.75, 3.05) is 6.61 Å². The lowest BCUT2D eigenvalue weighted by Crippen LogP contribution is -2.66. The van der Waals surface area contributed by atoms with Crippen molar-refractivity contribution in [3.8, 4) is 0 Å². The van der Waals surface area contributed by atoms with Gasteiger partial charge < -0.3 is 34.1 Å². The normalized spacial score (nSPS) is 24.8. The summed E-state index contributed by atoms with van der Waals surface area (Å²) in [5.41, 5.74) is 0.223. The number of amides is 1. The van der Waals surface area contributed by atoms with Gasteiger partial charge in [-0.1, -0.05) is 18.2 Å². The van der Waals surface area contributed by atoms with Gasteiger partial charge in [-0.25, -0.2) is 4.39 Å². The van der Waals surface area contributed by atoms with E-state index in [9.17, 15) is 23.9 Å². The highest BCUT2D eigenvalue weighted by Gasteiger charge is 2.51. The number of hydrogen-bond donors (Lipinski definition) is 2. The second-order valence-corrected chi connectivity index (χ2v) is 7.02. The van der Waals surface area contributed by atoms with Gasteiger partial charge in [0.05, 0.1) is 6.61 Å². The van der Waals surface area contributed by atoms with Crippen LogP contribution >= 0.6 is 0 Å². The van der Waals surface area contributed by atoms with Crippen LogP contribution in [-0.4, -0.2) is 60.2 Å². The molecule has 1 fully saturated rings. The number of carbonyl (C=O) groups excluding carboxylic acids is 3. The molecule has 0 radical (unpaired) electrons. The van der Waals surface area contributed by atoms with Crippen molar-refractivity contribution in [1.82, 2.24) is 5.32 Å². The minimum Gasteiger partial charge on any atom is -0.481 e. The van der Waals surface area contributed by atoms with E-state index in [0.717, 1.165) is 6.92 Å². The number of halogens is 1. The van der Waals surface area contributed by atoms with E-state index in [-0.39, 0.29) is 18.8 Å². The van der Waals surface area contributed by atoms with Crippen molar-refractivity contribution in [3.63, 3.8) is 0 Å². The molecule has 0 unspecified atom stereocenters. The Hall–Kier alpha value is -3.18. The molecule has 0 aromatic heterocycles. The van der Waals surface area contributed by atoms with Crippen molar-refractivity contribution in [3.05, 3.63) is 48.2 Å². The van der Waals surface area contributed by atoms with E-state index >= 15 is 0 Å². The number of carbonyl (C=O) groups is 3. The molecule has 1 saturated heterocycles. The third-order valence-corrected chi connectivity index (χ3v) is 4.40. The molecule has 0 spiro atoms. The van der Waals surface area contributed by atoms with Gasteiger partial charge in [0.25, 0.3) is 5.95 Å². The molecule has 1 heterocycles. The molecule has 0 saturated carbocycles. The highest BCUT2D eigenvalue weighted by molar-refractivity contribution is 5.73. The van der Waals surface area contributed by atoms with Crippen molar-refractivity contribution < 1.29 is 47.6 Å². The van der Waals surface area contributed by atoms with Crippen molar-refractivity contribution >= 4 is 17.8 Å². The Bertz CT molecular complexity index is 846. The highest BCUT2D eigenvalue weighted by Crippen LogP contribution is 2.29. The third kappa shape index (κ3) is 7.20. The lowest BCUT2D eigenvalue weighted by molar-refractivity contribution is -0.283. The van der Waals surface area contributed by atoms with Crippen LogP contribution in [0.1, 0.15) is 26.3 Å². The quantitative estimate of drug-likeness (QED) is 0.420. The van der Waals surface area contributed by atoms with Gasteiger partial charge in [-0.2, -0.15) is 0 Å². The van der Waals surface area contributed by atoms with Gasteiger partial charge in [0.15, 0.2) is 18.5 Å². The zero-order valence-corrected chi connectivity index (χ0v) is 17.9. The zero-order chi connectivity index (χ0) is 23.8. The molecule has 5 atom stereocenters. The van der Waals surface area contributed by atoms with Crippen LogP contribution in [0.3, 0.4) is 0 Å². The van der Waals surface area contributed by atoms with E-state index in [1.54, 1.807) is 6.07 Å². The molecular formula is C21H26FNO9. The number of benzene rings is 1. The topological polar surface area (TPSA) is 130 Å². The summed E-state index contributed by atoms with van der Waals surface area (Å²) in [6.45, 7) is 6.21. The van der Waals surface area contributed by atoms with Gasteiger partial charge in [0, 0.05) is 26.3 Å². The summed E-state index contributed by atoms with van der Waals surface area (Å²) in [5, 5.41) is 12.2. The molecule has 32 heavy (non-hydrogen) atoms. The summed E-state index contributed by atoms with van der Waals surface area (Å²) in [4.78, 5) is 34.9. The molecular weight excluding hydrogens is 429 g/mol. The van der Waals surface area contributed by atoms with Crippen molar-refractivity contribution in [2.24, 2.45) is 0 Å². The smallest absolute Gasteiger partial charge is 0.303 e. The summed E-state index contributed by atoms with van der Waals surface area (Å²) in [6, 6.07) is 4.80. The Balaban J connectivity index is 2.37. The van der Waals surface area contributed by atoms with Crippen molar-refractivity contribution in [1.29, 1.82) is 0 Å². The third-order valence-electron chi connectivity index (χ3n) is 4.40. The zero-order valence-electron chi connectivity index (χ0n) is 17.9. The van der Waals surface area contributed by atoms with Gasteiger partial charge in [-0.15, -0.1) is 0 Å². The standard InChI is InChI=1S/C21H26FNO9/c1-11(24)23-18-20(31-14(4)27)19(30-13(3)26)17(10-28-12(2)25)32-21(18)29-9-15-7-5-6-8-16(15)22/h5-8,17-21,26H,3,9-10H2,1-2,4H3,(H,23,24)/t17-,18+,19+,20-,21-/m0/s1. The van der Waals surface area contributed by atoms with E-state index in [2.05, 4.69) is 11.9 Å². The maximum absolute atomic E-state index is 14.0. The second kappa shape index (κ2) is 11.4. The first kappa shape index (κ1) is 25.1. The molecule has 1 aromatic rings. The summed E-state index contributed by atoms with van der Waals surface area (Å²) in [5.74, 6) is -3.06. The number of hydrogen-bond acceptors (Lipinski definition) is 9. The Kier molecular flexibility index (Phi) is 8.97. The molecule has 1 aliphatic rings. The molecule has 11 heteroatoms. The van der Waals surface area contributed by atoms with Gasteiger partial charge >= 0.3 is 11.9 Å². The molecule has 1 aromatic carbocycles. The number of rotatable bonds is 9. The van der Waals surface area contributed by atoms with Crippen LogP contribution in [0.25, 0.3) is 0 Å². The fraction of sp³-hybridized carbons (Fsp3) is 0.476. The summed E-state index contributed by atoms with van der Waals surface area (Å²) < 4.78 is 41.2. The number of aliphatic hydroxyl groups is 1. The van der Waals surface area contributed by atoms with E-state index in [0.29, 0.717) is 0 Å². The van der Waals surface area contributed by atoms with E-state index in [1.165, 1.54) is 32.0 Å². The first-order chi connectivity index (χ1) is 15.1. The second-order valence-electron chi connectivity index (χ2n) is 7.02. The average Bonchev–Trinajstić information content (AvgIpc) is 2.68. The molecule has 176 valence electrons. The Morgan fingerprint density at radius 2 is 1.81 bits per heavy atom. The predicted octanol–water partition coefficient (Wildman–Crippen LogP) is 1.48. The van der Waals surface area contributed by atoms with Crippen LogP contribution in [-0.2, 0) is 44.7 Å². The summed E-state index contributed by atoms with van der Waals surface area (Å²) in [7, 11) is 0. The molecule has 10 nitrogen and oxygen atoms in total. The first-order valence-corrected chi connectivity index (χ1v) is 9.71. The Morgan fingerprint density at radius 3 is 2.38 bits per heavy atom. The molecule has 0 bridgehead atoms. The van der Waals surface area contributed by atoms with E-state index in [4.69, 9.17) is 23.7 Å². The van der Waals surface area contributed by atoms with Gasteiger partial charge in [0.1, 0.15) is 24.6 Å². The summed E-state index contributed by atoms with van der Waals surface area (Å²) >= 11 is 0. The lowest BCUT2D eigenvalue weighted by Gasteiger charge is -2.45. The minimum atomic E-state index is -1.25. The van der Waals surface area contributed by atoms with Gasteiger partial charge in [0.2, 0.25) is 5.91 Å². The number of aliphatic hydroxyl groups excluding tert-OH is 1. The largest absolute Gasteiger partial charge is 0.481 e. The number of nitrogens with one attached hydrogen (secondary N) is 1. The fourth-order valence-corrected chi connectivity index (χ4v) is 3.19. The number of ether oxygens (including phenoxy) is 5. The van der Waals surface area contributed by atoms with Crippen LogP contribution < -0.4 is 5.32 Å². The van der Waals surface area contributed by atoms with E-state index in [1.807, 2.05) is 0 Å². The van der Waals surface area contributed by atoms with Crippen LogP contribution in [0, 0.1) is 5.82 Å². The predicted molar refractivity (Wildman–Crippen MR) is 106 cm³/mol. The van der Waals surface area contributed by atoms with Crippen LogP contribution in [0.4, 0.5) is 4.39 Å². The van der Waals surface area contributed by atoms with Crippen LogP contribution in [0.15, 0.2) is 36.8 Å². The van der Waals surface area contributed by atoms with Gasteiger partial charge in [-0.05, 0) is 12.6 Å². The van der Waals surface area contributed by atoms with Gasteiger partial charge in [-0.3, -0.25) is 14.4 Å². The SMILES string of the molecule is C=C(O)O[C@H]1[C@@H](OC(C)=O)[C@@H](NC(C)=O)[C@@H](OCc2ccccc2F)O[C@H]1COC(C)=O. The van der Waals surface area contributed by atoms with Crippen LogP contribution in [0.5, 0.6) is 0 Å². The minimum absolute atomic E-state index is 0.223. The highest BCUT2D eigenvalue weighted by atomic mass is 19.1. The average molecular weight is 455 g/mol. The maximum atomic E-state index is 14.0. The molecule has 1 aliphatic heterocycles. The monoisotopic (exact) mass is 455 g/mol. The summed E-state index contributed by atoms with van der Waals surface area (Å²) in [6.07, 6.45) is -4.81. The molecule has 2 N–H and O–H groups in total. The molecule has 0 aliphatic carbocycles. The van der Waals surface area contributed by atoms with Crippen LogP contribution in [0.2, 0.25) is 0 Å². The Labute approximate surface area is 184 Å². The maximum Gasteiger partial charge on any atom is 0.303 e. The van der Waals surface area contributed by atoms with E-state index < -0.39 is 60.3 Å². The van der Waals surface area contributed by atoms with Crippen molar-refractivity contribution in [2.45, 2.75) is 58.0 Å². The first-order valence-electron chi connectivity index (χ1n) is 9.71. The fourth-order valence-electron chi connectivity index (χ4n) is 3.19.